The van der Waals surface area contributed by atoms with Gasteiger partial charge in [-0.1, -0.05) is 109 Å². The third kappa shape index (κ3) is 6.07. The fraction of sp³-hybridized carbons (Fsp3) is 0.0204. The zero-order chi connectivity index (χ0) is 35.6. The molecule has 0 saturated carbocycles. The summed E-state index contributed by atoms with van der Waals surface area (Å²) in [6.07, 6.45) is 0. The monoisotopic (exact) mass is 683 g/mol. The van der Waals surface area contributed by atoms with Crippen LogP contribution in [0.3, 0.4) is 0 Å². The van der Waals surface area contributed by atoms with Crippen molar-refractivity contribution in [2.24, 2.45) is 0 Å². The molecular weight excluding hydrogens is 647 g/mol. The molecule has 0 spiro atoms. The number of rotatable bonds is 9. The fourth-order valence-corrected chi connectivity index (χ4v) is 7.32. The van der Waals surface area contributed by atoms with Crippen LogP contribution >= 0.6 is 0 Å². The number of benzene rings is 8. The van der Waals surface area contributed by atoms with E-state index < -0.39 is 0 Å². The second-order valence-electron chi connectivity index (χ2n) is 13.1. The number of aryl methyl sites for hydroxylation is 1. The summed E-state index contributed by atoms with van der Waals surface area (Å²) in [4.78, 5) is 6.98. The first kappa shape index (κ1) is 31.9. The number of hydrogen-bond acceptors (Lipinski definition) is 4. The predicted molar refractivity (Wildman–Crippen MR) is 223 cm³/mol. The minimum absolute atomic E-state index is 0.811. The first-order valence-corrected chi connectivity index (χ1v) is 17.9. The Morgan fingerprint density at radius 2 is 0.698 bits per heavy atom. The third-order valence-corrected chi connectivity index (χ3v) is 9.59. The van der Waals surface area contributed by atoms with Gasteiger partial charge in [-0.3, -0.25) is 0 Å². The Bertz CT molecular complexity index is 2490. The molecule has 9 aromatic rings. The molecule has 1 heterocycles. The molecule has 0 fully saturated rings. The molecule has 0 aliphatic heterocycles. The lowest BCUT2D eigenvalue weighted by atomic mass is 10.0. The van der Waals surface area contributed by atoms with Crippen LogP contribution in [-0.2, 0) is 0 Å². The van der Waals surface area contributed by atoms with E-state index in [-0.39, 0.29) is 0 Å². The molecule has 0 unspecified atom stereocenters. The predicted octanol–water partition coefficient (Wildman–Crippen LogP) is 14.3. The molecule has 8 aromatic carbocycles. The highest BCUT2D eigenvalue weighted by Crippen LogP contribution is 2.50. The van der Waals surface area contributed by atoms with Crippen molar-refractivity contribution >= 4 is 73.1 Å². The molecule has 4 nitrogen and oxygen atoms in total. The number of hydrogen-bond donors (Lipinski definition) is 0. The average Bonchev–Trinajstić information content (AvgIpc) is 3.59. The van der Waals surface area contributed by atoms with E-state index in [1.165, 1.54) is 0 Å². The van der Waals surface area contributed by atoms with Crippen LogP contribution in [0.5, 0.6) is 0 Å². The molecule has 53 heavy (non-hydrogen) atoms. The summed E-state index contributed by atoms with van der Waals surface area (Å²) in [7, 11) is 0. The van der Waals surface area contributed by atoms with Crippen molar-refractivity contribution in [1.82, 2.24) is 0 Å². The molecule has 254 valence electrons. The van der Waals surface area contributed by atoms with Crippen LogP contribution in [0.1, 0.15) is 5.56 Å². The molecule has 0 aliphatic carbocycles. The maximum Gasteiger partial charge on any atom is 0.159 e. The van der Waals surface area contributed by atoms with Crippen LogP contribution in [-0.4, -0.2) is 0 Å². The molecule has 0 bridgehead atoms. The summed E-state index contributed by atoms with van der Waals surface area (Å²) in [6, 6.07) is 72.4. The van der Waals surface area contributed by atoms with Gasteiger partial charge in [0.1, 0.15) is 5.58 Å². The van der Waals surface area contributed by atoms with Gasteiger partial charge in [0, 0.05) is 45.2 Å². The zero-order valence-electron chi connectivity index (χ0n) is 29.4. The van der Waals surface area contributed by atoms with Crippen molar-refractivity contribution in [2.45, 2.75) is 6.92 Å². The van der Waals surface area contributed by atoms with E-state index in [0.717, 1.165) is 78.7 Å². The Hall–Kier alpha value is -7.04. The maximum atomic E-state index is 7.11. The summed E-state index contributed by atoms with van der Waals surface area (Å²) >= 11 is 0. The summed E-state index contributed by atoms with van der Waals surface area (Å²) in [5.74, 6) is 0. The van der Waals surface area contributed by atoms with Crippen LogP contribution in [0.25, 0.3) is 21.9 Å². The molecule has 0 amide bonds. The van der Waals surface area contributed by atoms with E-state index in [1.807, 2.05) is 0 Å². The van der Waals surface area contributed by atoms with Crippen molar-refractivity contribution in [2.75, 3.05) is 14.7 Å². The highest BCUT2D eigenvalue weighted by Gasteiger charge is 2.26. The van der Waals surface area contributed by atoms with Crippen LogP contribution < -0.4 is 14.7 Å². The smallest absolute Gasteiger partial charge is 0.159 e. The molecule has 4 heteroatoms. The number of para-hydroxylation sites is 6. The van der Waals surface area contributed by atoms with E-state index in [2.05, 4.69) is 228 Å². The normalized spacial score (nSPS) is 11.1. The van der Waals surface area contributed by atoms with Crippen molar-refractivity contribution in [3.63, 3.8) is 0 Å². The van der Waals surface area contributed by atoms with E-state index in [9.17, 15) is 0 Å². The average molecular weight is 684 g/mol. The first-order chi connectivity index (χ1) is 26.2. The molecule has 0 N–H and O–H groups in total. The molecule has 0 saturated heterocycles. The largest absolute Gasteiger partial charge is 0.454 e. The Morgan fingerprint density at radius 3 is 1.09 bits per heavy atom. The SMILES string of the molecule is Cc1cc(N(c2ccccc2)c2ccccc2)c2c(c1)oc1c(N(c3ccccc3)c3ccccc3)cc(N(c3ccccc3)c3ccccc3)cc12. The second kappa shape index (κ2) is 13.9. The van der Waals surface area contributed by atoms with Crippen LogP contribution in [0.15, 0.2) is 211 Å². The van der Waals surface area contributed by atoms with Crippen molar-refractivity contribution in [3.05, 3.63) is 212 Å². The van der Waals surface area contributed by atoms with Crippen LogP contribution in [0.4, 0.5) is 51.2 Å². The van der Waals surface area contributed by atoms with Gasteiger partial charge < -0.3 is 19.1 Å². The Kier molecular flexibility index (Phi) is 8.39. The molecule has 0 radical (unpaired) electrons. The highest BCUT2D eigenvalue weighted by atomic mass is 16.3. The summed E-state index contributed by atoms with van der Waals surface area (Å²) in [5, 5.41) is 2.07. The number of fused-ring (bicyclic) bond motifs is 3. The van der Waals surface area contributed by atoms with Gasteiger partial charge >= 0.3 is 0 Å². The Labute approximate surface area is 310 Å². The highest BCUT2D eigenvalue weighted by molar-refractivity contribution is 6.18. The molecular formula is C49H37N3O. The lowest BCUT2D eigenvalue weighted by Gasteiger charge is -2.30. The van der Waals surface area contributed by atoms with E-state index in [4.69, 9.17) is 4.42 Å². The van der Waals surface area contributed by atoms with Gasteiger partial charge in [0.2, 0.25) is 0 Å². The topological polar surface area (TPSA) is 22.9 Å². The lowest BCUT2D eigenvalue weighted by molar-refractivity contribution is 0.668. The molecule has 1 aromatic heterocycles. The molecule has 0 aliphatic rings. The fourth-order valence-electron chi connectivity index (χ4n) is 7.32. The second-order valence-corrected chi connectivity index (χ2v) is 13.1. The number of anilines is 9. The maximum absolute atomic E-state index is 7.11. The van der Waals surface area contributed by atoms with Gasteiger partial charge in [-0.15, -0.1) is 0 Å². The summed E-state index contributed by atoms with van der Waals surface area (Å²) < 4.78 is 7.11. The van der Waals surface area contributed by atoms with Gasteiger partial charge in [-0.25, -0.2) is 0 Å². The minimum Gasteiger partial charge on any atom is -0.454 e. The van der Waals surface area contributed by atoms with Gasteiger partial charge in [0.05, 0.1) is 16.8 Å². The first-order valence-electron chi connectivity index (χ1n) is 17.9. The van der Waals surface area contributed by atoms with Gasteiger partial charge in [0.15, 0.2) is 5.58 Å². The van der Waals surface area contributed by atoms with E-state index in [1.54, 1.807) is 0 Å². The quantitative estimate of drug-likeness (QED) is 0.151. The van der Waals surface area contributed by atoms with Crippen LogP contribution in [0.2, 0.25) is 0 Å². The van der Waals surface area contributed by atoms with Gasteiger partial charge in [0.25, 0.3) is 0 Å². The standard InChI is InChI=1S/C49H37N3O/c1-36-32-45(51(39-24-12-4-13-25-39)40-26-14-5-15-27-40)48-44-34-43(50(37-20-8-2-9-21-37)38-22-10-3-11-23-38)35-46(49(44)53-47(48)33-36)52(41-28-16-6-17-29-41)42-30-18-7-19-31-42/h2-35H,1H3. The zero-order valence-corrected chi connectivity index (χ0v) is 29.4. The molecule has 9 rings (SSSR count). The van der Waals surface area contributed by atoms with Crippen molar-refractivity contribution in [3.8, 4) is 0 Å². The van der Waals surface area contributed by atoms with Gasteiger partial charge in [-0.05, 0) is 110 Å². The minimum atomic E-state index is 0.811. The summed E-state index contributed by atoms with van der Waals surface area (Å²) in [6.45, 7) is 2.14. The third-order valence-electron chi connectivity index (χ3n) is 9.59. The molecule has 0 atom stereocenters. The number of nitrogens with zero attached hydrogens (tertiary/aromatic N) is 3. The summed E-state index contributed by atoms with van der Waals surface area (Å²) in [5.41, 5.74) is 12.1. The number of furan rings is 1. The van der Waals surface area contributed by atoms with Gasteiger partial charge in [-0.2, -0.15) is 0 Å². The lowest BCUT2D eigenvalue weighted by Crippen LogP contribution is -2.13. The van der Waals surface area contributed by atoms with E-state index in [0.29, 0.717) is 0 Å². The van der Waals surface area contributed by atoms with E-state index >= 15 is 0 Å². The van der Waals surface area contributed by atoms with Crippen LogP contribution in [0, 0.1) is 6.92 Å². The van der Waals surface area contributed by atoms with Crippen molar-refractivity contribution < 1.29 is 4.42 Å². The Balaban J connectivity index is 1.42. The Morgan fingerprint density at radius 1 is 0.340 bits per heavy atom. The van der Waals surface area contributed by atoms with Crippen molar-refractivity contribution in [1.29, 1.82) is 0 Å².